The van der Waals surface area contributed by atoms with E-state index in [0.717, 1.165) is 17.8 Å². The van der Waals surface area contributed by atoms with Gasteiger partial charge in [-0.3, -0.25) is 0 Å². The standard InChI is InChI=1S/C15H20N4.HI/c1-3-12-6-4-7-13(10-12)18-15(16)17-11-14-8-5-9-19(14)2;/h4-10H,3,11H2,1-2H3,(H3,16,17,18);1H. The molecule has 20 heavy (non-hydrogen) atoms. The number of aliphatic imine (C=N–C) groups is 1. The van der Waals surface area contributed by atoms with Crippen molar-refractivity contribution in [3.63, 3.8) is 0 Å². The highest BCUT2D eigenvalue weighted by molar-refractivity contribution is 14.0. The second kappa shape index (κ2) is 7.94. The monoisotopic (exact) mass is 384 g/mol. The van der Waals surface area contributed by atoms with Crippen molar-refractivity contribution in [2.45, 2.75) is 19.9 Å². The van der Waals surface area contributed by atoms with Gasteiger partial charge in [-0.25, -0.2) is 4.99 Å². The Morgan fingerprint density at radius 1 is 1.30 bits per heavy atom. The second-order valence-corrected chi connectivity index (χ2v) is 4.49. The summed E-state index contributed by atoms with van der Waals surface area (Å²) in [6.45, 7) is 2.71. The third kappa shape index (κ3) is 4.56. The number of halogens is 1. The van der Waals surface area contributed by atoms with E-state index in [-0.39, 0.29) is 24.0 Å². The molecule has 5 heteroatoms. The average Bonchev–Trinajstić information content (AvgIpc) is 2.82. The largest absolute Gasteiger partial charge is 0.370 e. The Kier molecular flexibility index (Phi) is 6.57. The van der Waals surface area contributed by atoms with Crippen LogP contribution >= 0.6 is 24.0 Å². The highest BCUT2D eigenvalue weighted by Crippen LogP contribution is 2.10. The molecule has 0 amide bonds. The summed E-state index contributed by atoms with van der Waals surface area (Å²) in [6.07, 6.45) is 3.01. The van der Waals surface area contributed by atoms with Crippen molar-refractivity contribution in [3.8, 4) is 0 Å². The van der Waals surface area contributed by atoms with Gasteiger partial charge < -0.3 is 15.6 Å². The number of aromatic nitrogens is 1. The van der Waals surface area contributed by atoms with Gasteiger partial charge in [0, 0.05) is 24.6 Å². The first-order valence-electron chi connectivity index (χ1n) is 6.45. The Labute approximate surface area is 137 Å². The second-order valence-electron chi connectivity index (χ2n) is 4.49. The minimum atomic E-state index is 0. The third-order valence-corrected chi connectivity index (χ3v) is 3.07. The molecule has 0 aliphatic rings. The van der Waals surface area contributed by atoms with Gasteiger partial charge in [-0.15, -0.1) is 24.0 Å². The minimum absolute atomic E-state index is 0. The highest BCUT2D eigenvalue weighted by Gasteiger charge is 1.98. The lowest BCUT2D eigenvalue weighted by atomic mass is 10.1. The normalized spacial score (nSPS) is 11.0. The van der Waals surface area contributed by atoms with Crippen molar-refractivity contribution in [1.82, 2.24) is 4.57 Å². The molecule has 1 heterocycles. The molecule has 0 aliphatic heterocycles. The van der Waals surface area contributed by atoms with E-state index in [0.29, 0.717) is 12.5 Å². The molecule has 1 aromatic heterocycles. The molecule has 0 fully saturated rings. The maximum Gasteiger partial charge on any atom is 0.193 e. The molecule has 0 saturated heterocycles. The first kappa shape index (κ1) is 16.6. The summed E-state index contributed by atoms with van der Waals surface area (Å²) in [5, 5.41) is 3.12. The molecule has 2 rings (SSSR count). The van der Waals surface area contributed by atoms with Gasteiger partial charge in [-0.05, 0) is 36.2 Å². The van der Waals surface area contributed by atoms with E-state index < -0.39 is 0 Å². The maximum absolute atomic E-state index is 5.89. The van der Waals surface area contributed by atoms with E-state index >= 15 is 0 Å². The molecule has 4 nitrogen and oxygen atoms in total. The Morgan fingerprint density at radius 2 is 2.10 bits per heavy atom. The van der Waals surface area contributed by atoms with E-state index in [4.69, 9.17) is 5.73 Å². The molecule has 0 saturated carbocycles. The summed E-state index contributed by atoms with van der Waals surface area (Å²) in [6, 6.07) is 12.2. The summed E-state index contributed by atoms with van der Waals surface area (Å²) in [5.41, 5.74) is 9.28. The number of nitrogens with one attached hydrogen (secondary N) is 1. The SMILES string of the molecule is CCc1cccc(NC(N)=NCc2cccn2C)c1.I. The van der Waals surface area contributed by atoms with Gasteiger partial charge in [-0.1, -0.05) is 19.1 Å². The van der Waals surface area contributed by atoms with Crippen LogP contribution in [0.3, 0.4) is 0 Å². The molecule has 0 radical (unpaired) electrons. The van der Waals surface area contributed by atoms with Gasteiger partial charge in [-0.2, -0.15) is 0 Å². The van der Waals surface area contributed by atoms with Crippen LogP contribution in [0.1, 0.15) is 18.2 Å². The summed E-state index contributed by atoms with van der Waals surface area (Å²) in [7, 11) is 2.00. The van der Waals surface area contributed by atoms with Gasteiger partial charge in [0.2, 0.25) is 0 Å². The molecule has 3 N–H and O–H groups in total. The summed E-state index contributed by atoms with van der Waals surface area (Å²) < 4.78 is 2.04. The van der Waals surface area contributed by atoms with E-state index in [1.807, 2.05) is 42.1 Å². The number of nitrogens with zero attached hydrogens (tertiary/aromatic N) is 2. The lowest BCUT2D eigenvalue weighted by Crippen LogP contribution is -2.22. The number of guanidine groups is 1. The van der Waals surface area contributed by atoms with Crippen molar-refractivity contribution in [1.29, 1.82) is 0 Å². The number of anilines is 1. The van der Waals surface area contributed by atoms with E-state index in [9.17, 15) is 0 Å². The molecular weight excluding hydrogens is 363 g/mol. The summed E-state index contributed by atoms with van der Waals surface area (Å²) in [5.74, 6) is 0.439. The lowest BCUT2D eigenvalue weighted by molar-refractivity contribution is 0.824. The van der Waals surface area contributed by atoms with Crippen LogP contribution in [0.2, 0.25) is 0 Å². The van der Waals surface area contributed by atoms with Gasteiger partial charge in [0.05, 0.1) is 6.54 Å². The molecule has 0 atom stereocenters. The number of benzene rings is 1. The fourth-order valence-electron chi connectivity index (χ4n) is 1.88. The first-order chi connectivity index (χ1) is 9.19. The van der Waals surface area contributed by atoms with Gasteiger partial charge in [0.15, 0.2) is 5.96 Å². The highest BCUT2D eigenvalue weighted by atomic mass is 127. The van der Waals surface area contributed by atoms with Crippen molar-refractivity contribution in [2.75, 3.05) is 5.32 Å². The molecule has 0 aliphatic carbocycles. The molecule has 2 aromatic rings. The average molecular weight is 384 g/mol. The zero-order valence-electron chi connectivity index (χ0n) is 11.8. The minimum Gasteiger partial charge on any atom is -0.370 e. The van der Waals surface area contributed by atoms with Crippen LogP contribution in [0.25, 0.3) is 0 Å². The van der Waals surface area contributed by atoms with Crippen molar-refractivity contribution < 1.29 is 0 Å². The number of hydrogen-bond donors (Lipinski definition) is 2. The van der Waals surface area contributed by atoms with Gasteiger partial charge in [0.25, 0.3) is 0 Å². The van der Waals surface area contributed by atoms with Crippen LogP contribution in [0.5, 0.6) is 0 Å². The predicted octanol–water partition coefficient (Wildman–Crippen LogP) is 3.13. The fraction of sp³-hybridized carbons (Fsp3) is 0.267. The Balaban J connectivity index is 0.00000200. The Bertz CT molecular complexity index is 575. The van der Waals surface area contributed by atoms with E-state index in [1.165, 1.54) is 5.56 Å². The van der Waals surface area contributed by atoms with Crippen LogP contribution in [0, 0.1) is 0 Å². The zero-order chi connectivity index (χ0) is 13.7. The van der Waals surface area contributed by atoms with Crippen molar-refractivity contribution in [2.24, 2.45) is 17.8 Å². The maximum atomic E-state index is 5.89. The zero-order valence-corrected chi connectivity index (χ0v) is 14.2. The van der Waals surface area contributed by atoms with Crippen LogP contribution < -0.4 is 11.1 Å². The first-order valence-corrected chi connectivity index (χ1v) is 6.45. The molecule has 1 aromatic carbocycles. The van der Waals surface area contributed by atoms with E-state index in [2.05, 4.69) is 29.4 Å². The number of hydrogen-bond acceptors (Lipinski definition) is 1. The Hall–Kier alpha value is -1.50. The molecular formula is C15H21IN4. The third-order valence-electron chi connectivity index (χ3n) is 3.07. The Morgan fingerprint density at radius 3 is 2.75 bits per heavy atom. The van der Waals surface area contributed by atoms with Crippen LogP contribution in [-0.4, -0.2) is 10.5 Å². The van der Waals surface area contributed by atoms with Crippen molar-refractivity contribution in [3.05, 3.63) is 53.9 Å². The number of nitrogens with two attached hydrogens (primary N) is 1. The number of aryl methyl sites for hydroxylation is 2. The lowest BCUT2D eigenvalue weighted by Gasteiger charge is -2.07. The quantitative estimate of drug-likeness (QED) is 0.484. The van der Waals surface area contributed by atoms with E-state index in [1.54, 1.807) is 0 Å². The molecule has 0 spiro atoms. The molecule has 108 valence electrons. The molecule has 0 unspecified atom stereocenters. The van der Waals surface area contributed by atoms with Gasteiger partial charge in [0.1, 0.15) is 0 Å². The van der Waals surface area contributed by atoms with Crippen LogP contribution in [0.4, 0.5) is 5.69 Å². The fourth-order valence-corrected chi connectivity index (χ4v) is 1.88. The van der Waals surface area contributed by atoms with Crippen molar-refractivity contribution >= 4 is 35.6 Å². The van der Waals surface area contributed by atoms with Crippen LogP contribution in [-0.2, 0) is 20.0 Å². The smallest absolute Gasteiger partial charge is 0.193 e. The topological polar surface area (TPSA) is 55.3 Å². The molecule has 0 bridgehead atoms. The number of rotatable bonds is 4. The summed E-state index contributed by atoms with van der Waals surface area (Å²) >= 11 is 0. The summed E-state index contributed by atoms with van der Waals surface area (Å²) in [4.78, 5) is 4.34. The van der Waals surface area contributed by atoms with Crippen LogP contribution in [0.15, 0.2) is 47.6 Å². The predicted molar refractivity (Wildman–Crippen MR) is 95.6 cm³/mol. The van der Waals surface area contributed by atoms with Gasteiger partial charge >= 0.3 is 0 Å².